The normalized spacial score (nSPS) is 27.3. The van der Waals surface area contributed by atoms with Crippen LogP contribution in [0.5, 0.6) is 0 Å². The molecule has 1 heteroatoms. The highest BCUT2D eigenvalue weighted by molar-refractivity contribution is 7.11. The molecule has 0 bridgehead atoms. The largest absolute Gasteiger partial charge is 0.136 e. The summed E-state index contributed by atoms with van der Waals surface area (Å²) < 4.78 is 1.48. The number of allylic oxidation sites excluding steroid dienone is 4. The smallest absolute Gasteiger partial charge is 0.0352 e. The van der Waals surface area contributed by atoms with Crippen LogP contribution in [0.15, 0.2) is 24.3 Å². The monoisotopic (exact) mass is 308 g/mol. The SMILES string of the molecule is C[C@@H]1C=Cc2sc3c(c2C=C1)=CC=CC(C1CCCCC1)C=3. The molecule has 1 unspecified atom stereocenters. The minimum absolute atomic E-state index is 0.538. The molecule has 1 aromatic heterocycles. The summed E-state index contributed by atoms with van der Waals surface area (Å²) in [5, 5.41) is 1.43. The molecule has 0 saturated heterocycles. The summed E-state index contributed by atoms with van der Waals surface area (Å²) >= 11 is 1.97. The van der Waals surface area contributed by atoms with Crippen LogP contribution in [0.3, 0.4) is 0 Å². The maximum atomic E-state index is 2.55. The Balaban J connectivity index is 1.77. The maximum absolute atomic E-state index is 2.55. The lowest BCUT2D eigenvalue weighted by Gasteiger charge is -2.25. The van der Waals surface area contributed by atoms with Gasteiger partial charge >= 0.3 is 0 Å². The van der Waals surface area contributed by atoms with Crippen LogP contribution in [0, 0.1) is 17.8 Å². The van der Waals surface area contributed by atoms with E-state index in [1.54, 1.807) is 0 Å². The molecule has 0 aromatic carbocycles. The van der Waals surface area contributed by atoms with E-state index in [9.17, 15) is 0 Å². The first-order valence-corrected chi connectivity index (χ1v) is 9.52. The Morgan fingerprint density at radius 3 is 2.68 bits per heavy atom. The quantitative estimate of drug-likeness (QED) is 0.702. The fourth-order valence-corrected chi connectivity index (χ4v) is 5.14. The summed E-state index contributed by atoms with van der Waals surface area (Å²) in [6.45, 7) is 2.25. The van der Waals surface area contributed by atoms with E-state index >= 15 is 0 Å². The van der Waals surface area contributed by atoms with Gasteiger partial charge in [0.15, 0.2) is 0 Å². The number of hydrogen-bond donors (Lipinski definition) is 0. The van der Waals surface area contributed by atoms with Crippen molar-refractivity contribution in [3.63, 3.8) is 0 Å². The molecule has 114 valence electrons. The molecular formula is C21H24S. The van der Waals surface area contributed by atoms with E-state index in [4.69, 9.17) is 0 Å². The second-order valence-electron chi connectivity index (χ2n) is 6.93. The molecule has 3 aliphatic carbocycles. The Hall–Kier alpha value is -1.34. The van der Waals surface area contributed by atoms with Crippen molar-refractivity contribution in [2.45, 2.75) is 39.0 Å². The first kappa shape index (κ1) is 14.3. The van der Waals surface area contributed by atoms with Crippen molar-refractivity contribution in [3.8, 4) is 0 Å². The molecule has 1 aromatic rings. The zero-order valence-electron chi connectivity index (χ0n) is 13.3. The van der Waals surface area contributed by atoms with Gasteiger partial charge in [-0.2, -0.15) is 0 Å². The van der Waals surface area contributed by atoms with Gasteiger partial charge in [0.2, 0.25) is 0 Å². The van der Waals surface area contributed by atoms with E-state index in [1.165, 1.54) is 52.3 Å². The Morgan fingerprint density at radius 2 is 1.82 bits per heavy atom. The highest BCUT2D eigenvalue weighted by atomic mass is 32.1. The summed E-state index contributed by atoms with van der Waals surface area (Å²) in [7, 11) is 0. The Kier molecular flexibility index (Phi) is 3.92. The second kappa shape index (κ2) is 6.04. The van der Waals surface area contributed by atoms with Gasteiger partial charge in [0.05, 0.1) is 0 Å². The Bertz CT molecular complexity index is 751. The van der Waals surface area contributed by atoms with Gasteiger partial charge < -0.3 is 0 Å². The molecule has 1 saturated carbocycles. The standard InChI is InChI=1S/C21H24S/c1-15-10-12-19-18-9-5-8-17(16-6-3-2-4-7-16)14-21(18)22-20(19)13-11-15/h5,8-17H,2-4,6-7H2,1H3/t15-,17?/m0/s1. The molecule has 1 fully saturated rings. The summed E-state index contributed by atoms with van der Waals surface area (Å²) in [5.74, 6) is 2.03. The maximum Gasteiger partial charge on any atom is 0.0352 e. The van der Waals surface area contributed by atoms with Crippen molar-refractivity contribution in [2.24, 2.45) is 17.8 Å². The molecule has 0 aliphatic heterocycles. The molecule has 0 nitrogen and oxygen atoms in total. The minimum Gasteiger partial charge on any atom is -0.136 e. The average molecular weight is 308 g/mol. The van der Waals surface area contributed by atoms with Crippen LogP contribution in [0.4, 0.5) is 0 Å². The Morgan fingerprint density at radius 1 is 1.00 bits per heavy atom. The van der Waals surface area contributed by atoms with Gasteiger partial charge in [-0.3, -0.25) is 0 Å². The average Bonchev–Trinajstić information content (AvgIpc) is 2.70. The molecule has 0 amide bonds. The van der Waals surface area contributed by atoms with Crippen LogP contribution >= 0.6 is 11.3 Å². The molecule has 0 spiro atoms. The highest BCUT2D eigenvalue weighted by Gasteiger charge is 2.21. The first-order chi connectivity index (χ1) is 10.8. The van der Waals surface area contributed by atoms with Gasteiger partial charge in [0.1, 0.15) is 0 Å². The predicted octanol–water partition coefficient (Wildman–Crippen LogP) is 4.75. The first-order valence-electron chi connectivity index (χ1n) is 8.71. The zero-order chi connectivity index (χ0) is 14.9. The molecule has 4 rings (SSSR count). The van der Waals surface area contributed by atoms with Gasteiger partial charge in [-0.05, 0) is 47.5 Å². The van der Waals surface area contributed by atoms with E-state index in [1.807, 2.05) is 11.3 Å². The van der Waals surface area contributed by atoms with Crippen molar-refractivity contribution < 1.29 is 0 Å². The van der Waals surface area contributed by atoms with E-state index in [-0.39, 0.29) is 0 Å². The van der Waals surface area contributed by atoms with Crippen LogP contribution in [0.2, 0.25) is 0 Å². The molecule has 1 heterocycles. The van der Waals surface area contributed by atoms with Crippen molar-refractivity contribution in [1.29, 1.82) is 0 Å². The minimum atomic E-state index is 0.538. The second-order valence-corrected chi connectivity index (χ2v) is 8.01. The fraction of sp³-hybridized carbons (Fsp3) is 0.429. The molecule has 0 N–H and O–H groups in total. The molecule has 22 heavy (non-hydrogen) atoms. The van der Waals surface area contributed by atoms with E-state index < -0.39 is 0 Å². The van der Waals surface area contributed by atoms with Crippen LogP contribution in [-0.4, -0.2) is 0 Å². The summed E-state index contributed by atoms with van der Waals surface area (Å²) in [4.78, 5) is 1.43. The number of hydrogen-bond acceptors (Lipinski definition) is 1. The summed E-state index contributed by atoms with van der Waals surface area (Å²) in [5.41, 5.74) is 1.42. The van der Waals surface area contributed by atoms with Crippen molar-refractivity contribution >= 4 is 35.6 Å². The van der Waals surface area contributed by atoms with E-state index in [0.29, 0.717) is 11.8 Å². The number of fused-ring (bicyclic) bond motifs is 3. The molecule has 0 radical (unpaired) electrons. The lowest BCUT2D eigenvalue weighted by molar-refractivity contribution is 0.327. The highest BCUT2D eigenvalue weighted by Crippen LogP contribution is 2.32. The van der Waals surface area contributed by atoms with Crippen LogP contribution in [-0.2, 0) is 0 Å². The zero-order valence-corrected chi connectivity index (χ0v) is 14.1. The summed E-state index contributed by atoms with van der Waals surface area (Å²) in [6, 6.07) is 0. The van der Waals surface area contributed by atoms with E-state index in [2.05, 4.69) is 55.5 Å². The van der Waals surface area contributed by atoms with Gasteiger partial charge in [-0.25, -0.2) is 0 Å². The fourth-order valence-electron chi connectivity index (χ4n) is 3.96. The van der Waals surface area contributed by atoms with Crippen LogP contribution < -0.4 is 9.75 Å². The van der Waals surface area contributed by atoms with Crippen LogP contribution in [0.25, 0.3) is 24.3 Å². The van der Waals surface area contributed by atoms with Crippen LogP contribution in [0.1, 0.15) is 49.5 Å². The molecule has 2 atom stereocenters. The molecular weight excluding hydrogens is 284 g/mol. The molecule has 3 aliphatic rings. The predicted molar refractivity (Wildman–Crippen MR) is 98.9 cm³/mol. The van der Waals surface area contributed by atoms with Crippen molar-refractivity contribution in [3.05, 3.63) is 44.5 Å². The third-order valence-corrected chi connectivity index (χ3v) is 6.44. The number of rotatable bonds is 1. The Labute approximate surface area is 137 Å². The lowest BCUT2D eigenvalue weighted by atomic mass is 9.80. The summed E-state index contributed by atoms with van der Waals surface area (Å²) in [6.07, 6.45) is 26.0. The van der Waals surface area contributed by atoms with Crippen molar-refractivity contribution in [1.82, 2.24) is 0 Å². The lowest BCUT2D eigenvalue weighted by Crippen LogP contribution is -2.22. The van der Waals surface area contributed by atoms with Crippen molar-refractivity contribution in [2.75, 3.05) is 0 Å². The number of thiophene rings is 1. The van der Waals surface area contributed by atoms with Gasteiger partial charge in [0.25, 0.3) is 0 Å². The van der Waals surface area contributed by atoms with E-state index in [0.717, 1.165) is 5.92 Å². The topological polar surface area (TPSA) is 0 Å². The van der Waals surface area contributed by atoms with Gasteiger partial charge in [0, 0.05) is 9.41 Å². The van der Waals surface area contributed by atoms with Gasteiger partial charge in [-0.15, -0.1) is 11.3 Å². The third-order valence-electron chi connectivity index (χ3n) is 5.29. The third kappa shape index (κ3) is 2.67. The van der Waals surface area contributed by atoms with Gasteiger partial charge in [-0.1, -0.05) is 68.7 Å².